The Hall–Kier alpha value is -1.70. The van der Waals surface area contributed by atoms with Gasteiger partial charge in [0.2, 0.25) is 0 Å². The Morgan fingerprint density at radius 1 is 1.33 bits per heavy atom. The molecular formula is C14H16N2O2. The monoisotopic (exact) mass is 244 g/mol. The number of carbonyl (C=O) groups is 1. The van der Waals surface area contributed by atoms with Crippen LogP contribution >= 0.6 is 0 Å². The summed E-state index contributed by atoms with van der Waals surface area (Å²) in [5.41, 5.74) is 0.776. The second-order valence-corrected chi connectivity index (χ2v) is 4.33. The van der Waals surface area contributed by atoms with Gasteiger partial charge in [-0.05, 0) is 5.56 Å². The van der Waals surface area contributed by atoms with E-state index in [0.717, 1.165) is 18.7 Å². The first-order valence-electron chi connectivity index (χ1n) is 6.08. The molecule has 2 rings (SSSR count). The van der Waals surface area contributed by atoms with Gasteiger partial charge in [-0.2, -0.15) is 5.26 Å². The minimum atomic E-state index is -0.658. The van der Waals surface area contributed by atoms with Crippen LogP contribution in [0.5, 0.6) is 0 Å². The van der Waals surface area contributed by atoms with Gasteiger partial charge in [-0.25, -0.2) is 0 Å². The van der Waals surface area contributed by atoms with Gasteiger partial charge >= 0.3 is 0 Å². The molecule has 1 unspecified atom stereocenters. The summed E-state index contributed by atoms with van der Waals surface area (Å²) in [4.78, 5) is 14.2. The molecule has 0 saturated carbocycles. The molecule has 1 aliphatic rings. The minimum Gasteiger partial charge on any atom is -0.379 e. The highest BCUT2D eigenvalue weighted by Crippen LogP contribution is 2.16. The van der Waals surface area contributed by atoms with Crippen molar-refractivity contribution in [1.82, 2.24) is 4.90 Å². The van der Waals surface area contributed by atoms with Crippen molar-refractivity contribution in [3.8, 4) is 6.07 Å². The molecule has 0 aromatic heterocycles. The summed E-state index contributed by atoms with van der Waals surface area (Å²) in [5.74, 6) is -0.695. The molecule has 18 heavy (non-hydrogen) atoms. The predicted octanol–water partition coefficient (Wildman–Crippen LogP) is 1.20. The number of nitrogens with zero attached hydrogens (tertiary/aromatic N) is 2. The summed E-state index contributed by atoms with van der Waals surface area (Å²) >= 11 is 0. The van der Waals surface area contributed by atoms with Gasteiger partial charge in [0.15, 0.2) is 5.78 Å². The highest BCUT2D eigenvalue weighted by Gasteiger charge is 2.23. The van der Waals surface area contributed by atoms with Crippen molar-refractivity contribution in [3.05, 3.63) is 35.9 Å². The van der Waals surface area contributed by atoms with E-state index in [-0.39, 0.29) is 5.78 Å². The molecule has 94 valence electrons. The van der Waals surface area contributed by atoms with E-state index >= 15 is 0 Å². The number of hydrogen-bond acceptors (Lipinski definition) is 4. The normalized spacial score (nSPS) is 17.9. The van der Waals surface area contributed by atoms with Crippen LogP contribution in [0.1, 0.15) is 11.5 Å². The molecule has 1 fully saturated rings. The van der Waals surface area contributed by atoms with Crippen LogP contribution < -0.4 is 0 Å². The lowest BCUT2D eigenvalue weighted by Gasteiger charge is -2.26. The van der Waals surface area contributed by atoms with Gasteiger partial charge in [-0.1, -0.05) is 30.3 Å². The van der Waals surface area contributed by atoms with Crippen LogP contribution in [-0.2, 0) is 9.53 Å². The molecule has 4 heteroatoms. The van der Waals surface area contributed by atoms with E-state index in [2.05, 4.69) is 6.07 Å². The number of Topliss-reactive ketones (excluding diaryl/α,β-unsaturated/α-hetero) is 1. The van der Waals surface area contributed by atoms with E-state index in [1.54, 1.807) is 0 Å². The zero-order chi connectivity index (χ0) is 12.8. The van der Waals surface area contributed by atoms with E-state index < -0.39 is 5.92 Å². The van der Waals surface area contributed by atoms with Crippen LogP contribution in [0.15, 0.2) is 30.3 Å². The van der Waals surface area contributed by atoms with Crippen LogP contribution in [-0.4, -0.2) is 43.5 Å². The SMILES string of the molecule is N#CC(C(=O)CN1CCOCC1)c1ccccc1. The van der Waals surface area contributed by atoms with Crippen LogP contribution in [0.2, 0.25) is 0 Å². The molecule has 1 aromatic rings. The number of hydrogen-bond donors (Lipinski definition) is 0. The topological polar surface area (TPSA) is 53.3 Å². The van der Waals surface area contributed by atoms with Gasteiger partial charge < -0.3 is 4.74 Å². The van der Waals surface area contributed by atoms with Crippen molar-refractivity contribution in [2.24, 2.45) is 0 Å². The third-order valence-corrected chi connectivity index (χ3v) is 3.07. The Labute approximate surface area is 107 Å². The summed E-state index contributed by atoms with van der Waals surface area (Å²) in [6, 6.07) is 11.3. The first-order valence-corrected chi connectivity index (χ1v) is 6.08. The highest BCUT2D eigenvalue weighted by molar-refractivity contribution is 5.90. The first-order chi connectivity index (χ1) is 8.81. The number of morpholine rings is 1. The summed E-state index contributed by atoms with van der Waals surface area (Å²) in [6.45, 7) is 3.18. The maximum absolute atomic E-state index is 12.1. The lowest BCUT2D eigenvalue weighted by atomic mass is 9.96. The summed E-state index contributed by atoms with van der Waals surface area (Å²) in [6.07, 6.45) is 0. The van der Waals surface area contributed by atoms with E-state index in [1.165, 1.54) is 0 Å². The molecule has 0 radical (unpaired) electrons. The van der Waals surface area contributed by atoms with Gasteiger partial charge in [0.1, 0.15) is 5.92 Å². The van der Waals surface area contributed by atoms with E-state index in [1.807, 2.05) is 35.2 Å². The van der Waals surface area contributed by atoms with E-state index in [4.69, 9.17) is 10.00 Å². The zero-order valence-electron chi connectivity index (χ0n) is 10.2. The van der Waals surface area contributed by atoms with Crippen molar-refractivity contribution in [1.29, 1.82) is 5.26 Å². The van der Waals surface area contributed by atoms with Gasteiger partial charge in [0.05, 0.1) is 25.8 Å². The van der Waals surface area contributed by atoms with E-state index in [0.29, 0.717) is 19.8 Å². The zero-order valence-corrected chi connectivity index (χ0v) is 10.2. The van der Waals surface area contributed by atoms with Crippen molar-refractivity contribution >= 4 is 5.78 Å². The Bertz CT molecular complexity index is 433. The Morgan fingerprint density at radius 3 is 2.61 bits per heavy atom. The molecule has 1 aromatic carbocycles. The number of ether oxygens (including phenoxy) is 1. The number of benzene rings is 1. The van der Waals surface area contributed by atoms with Crippen molar-refractivity contribution in [2.45, 2.75) is 5.92 Å². The summed E-state index contributed by atoms with van der Waals surface area (Å²) < 4.78 is 5.23. The maximum Gasteiger partial charge on any atom is 0.168 e. The largest absolute Gasteiger partial charge is 0.379 e. The molecule has 0 aliphatic carbocycles. The minimum absolute atomic E-state index is 0.0365. The van der Waals surface area contributed by atoms with Gasteiger partial charge in [-0.15, -0.1) is 0 Å². The molecule has 0 amide bonds. The third-order valence-electron chi connectivity index (χ3n) is 3.07. The van der Waals surface area contributed by atoms with Crippen molar-refractivity contribution < 1.29 is 9.53 Å². The standard InChI is InChI=1S/C14H16N2O2/c15-10-13(12-4-2-1-3-5-12)14(17)11-16-6-8-18-9-7-16/h1-5,13H,6-9,11H2. The fraction of sp³-hybridized carbons (Fsp3) is 0.429. The molecule has 4 nitrogen and oxygen atoms in total. The van der Waals surface area contributed by atoms with Crippen LogP contribution in [0.3, 0.4) is 0 Å². The number of rotatable bonds is 4. The molecule has 0 bridgehead atoms. The Balaban J connectivity index is 2.00. The van der Waals surface area contributed by atoms with Crippen LogP contribution in [0, 0.1) is 11.3 Å². The Kier molecular flexibility index (Phi) is 4.46. The summed E-state index contributed by atoms with van der Waals surface area (Å²) in [5, 5.41) is 9.17. The molecular weight excluding hydrogens is 228 g/mol. The lowest BCUT2D eigenvalue weighted by Crippen LogP contribution is -2.40. The maximum atomic E-state index is 12.1. The molecule has 0 N–H and O–H groups in total. The van der Waals surface area contributed by atoms with Gasteiger partial charge in [-0.3, -0.25) is 9.69 Å². The summed E-state index contributed by atoms with van der Waals surface area (Å²) in [7, 11) is 0. The predicted molar refractivity (Wildman–Crippen MR) is 67.1 cm³/mol. The molecule has 1 saturated heterocycles. The fourth-order valence-corrected chi connectivity index (χ4v) is 2.05. The number of ketones is 1. The molecule has 1 atom stereocenters. The lowest BCUT2D eigenvalue weighted by molar-refractivity contribution is -0.121. The fourth-order valence-electron chi connectivity index (χ4n) is 2.05. The van der Waals surface area contributed by atoms with Crippen molar-refractivity contribution in [3.63, 3.8) is 0 Å². The van der Waals surface area contributed by atoms with Gasteiger partial charge in [0.25, 0.3) is 0 Å². The smallest absolute Gasteiger partial charge is 0.168 e. The molecule has 0 spiro atoms. The van der Waals surface area contributed by atoms with Crippen LogP contribution in [0.4, 0.5) is 0 Å². The number of carbonyl (C=O) groups excluding carboxylic acids is 1. The average molecular weight is 244 g/mol. The van der Waals surface area contributed by atoms with Gasteiger partial charge in [0, 0.05) is 13.1 Å². The van der Waals surface area contributed by atoms with E-state index in [9.17, 15) is 4.79 Å². The number of nitriles is 1. The Morgan fingerprint density at radius 2 is 2.00 bits per heavy atom. The quantitative estimate of drug-likeness (QED) is 0.798. The third kappa shape index (κ3) is 3.16. The second kappa shape index (κ2) is 6.29. The highest BCUT2D eigenvalue weighted by atomic mass is 16.5. The first kappa shape index (κ1) is 12.7. The van der Waals surface area contributed by atoms with Crippen LogP contribution in [0.25, 0.3) is 0 Å². The molecule has 1 aliphatic heterocycles. The molecule has 1 heterocycles. The van der Waals surface area contributed by atoms with Crippen molar-refractivity contribution in [2.75, 3.05) is 32.8 Å². The average Bonchev–Trinajstić information content (AvgIpc) is 2.42. The second-order valence-electron chi connectivity index (χ2n) is 4.33.